The van der Waals surface area contributed by atoms with Crippen LogP contribution in [0, 0.1) is 0 Å². The van der Waals surface area contributed by atoms with Crippen LogP contribution in [0.2, 0.25) is 0 Å². The highest BCUT2D eigenvalue weighted by molar-refractivity contribution is 5.29. The first-order valence-electron chi connectivity index (χ1n) is 5.71. The standard InChI is InChI=1S/C14H22O/c1-6-15-14(4,5)13-9-7-8-12(10-13)11(2)3/h7-11H,6H2,1-5H3. The molecule has 0 unspecified atom stereocenters. The van der Waals surface area contributed by atoms with E-state index in [1.807, 2.05) is 6.92 Å². The largest absolute Gasteiger partial charge is 0.371 e. The van der Waals surface area contributed by atoms with Crippen LogP contribution in [-0.4, -0.2) is 6.61 Å². The molecule has 0 saturated carbocycles. The van der Waals surface area contributed by atoms with Crippen LogP contribution in [0.1, 0.15) is 51.7 Å². The van der Waals surface area contributed by atoms with Gasteiger partial charge >= 0.3 is 0 Å². The van der Waals surface area contributed by atoms with Crippen LogP contribution in [0.25, 0.3) is 0 Å². The normalized spacial score (nSPS) is 12.1. The summed E-state index contributed by atoms with van der Waals surface area (Å²) in [6.07, 6.45) is 0. The number of hydrogen-bond donors (Lipinski definition) is 0. The molecule has 0 aliphatic heterocycles. The predicted octanol–water partition coefficient (Wildman–Crippen LogP) is 4.08. The van der Waals surface area contributed by atoms with Crippen molar-refractivity contribution in [3.8, 4) is 0 Å². The Morgan fingerprint density at radius 1 is 1.27 bits per heavy atom. The summed E-state index contributed by atoms with van der Waals surface area (Å²) >= 11 is 0. The van der Waals surface area contributed by atoms with E-state index in [1.54, 1.807) is 0 Å². The fourth-order valence-corrected chi connectivity index (χ4v) is 1.72. The Labute approximate surface area is 93.5 Å². The van der Waals surface area contributed by atoms with Crippen molar-refractivity contribution in [2.75, 3.05) is 6.61 Å². The van der Waals surface area contributed by atoms with E-state index < -0.39 is 0 Å². The fraction of sp³-hybridized carbons (Fsp3) is 0.571. The van der Waals surface area contributed by atoms with Gasteiger partial charge in [-0.25, -0.2) is 0 Å². The van der Waals surface area contributed by atoms with E-state index in [1.165, 1.54) is 11.1 Å². The van der Waals surface area contributed by atoms with E-state index in [9.17, 15) is 0 Å². The van der Waals surface area contributed by atoms with Crippen molar-refractivity contribution >= 4 is 0 Å². The first-order valence-corrected chi connectivity index (χ1v) is 5.71. The second-order valence-corrected chi connectivity index (χ2v) is 4.72. The molecule has 0 aliphatic carbocycles. The van der Waals surface area contributed by atoms with Crippen LogP contribution >= 0.6 is 0 Å². The monoisotopic (exact) mass is 206 g/mol. The van der Waals surface area contributed by atoms with Crippen LogP contribution < -0.4 is 0 Å². The van der Waals surface area contributed by atoms with Crippen LogP contribution in [0.4, 0.5) is 0 Å². The van der Waals surface area contributed by atoms with E-state index in [-0.39, 0.29) is 5.60 Å². The third kappa shape index (κ3) is 3.07. The molecule has 0 spiro atoms. The van der Waals surface area contributed by atoms with Gasteiger partial charge in [0.2, 0.25) is 0 Å². The number of hydrogen-bond acceptors (Lipinski definition) is 1. The van der Waals surface area contributed by atoms with Crippen molar-refractivity contribution in [1.82, 2.24) is 0 Å². The van der Waals surface area contributed by atoms with Crippen molar-refractivity contribution in [2.45, 2.75) is 46.1 Å². The first kappa shape index (κ1) is 12.3. The molecule has 0 aliphatic rings. The molecule has 0 atom stereocenters. The zero-order valence-electron chi connectivity index (χ0n) is 10.5. The summed E-state index contributed by atoms with van der Waals surface area (Å²) in [7, 11) is 0. The Morgan fingerprint density at radius 2 is 1.93 bits per heavy atom. The molecule has 0 radical (unpaired) electrons. The minimum atomic E-state index is -0.181. The molecule has 0 fully saturated rings. The van der Waals surface area contributed by atoms with Gasteiger partial charge in [0.1, 0.15) is 0 Å². The number of rotatable bonds is 4. The van der Waals surface area contributed by atoms with Crippen LogP contribution in [0.5, 0.6) is 0 Å². The first-order chi connectivity index (χ1) is 6.97. The molecule has 0 aromatic heterocycles. The summed E-state index contributed by atoms with van der Waals surface area (Å²) in [6, 6.07) is 8.68. The zero-order chi connectivity index (χ0) is 11.5. The molecule has 1 nitrogen and oxygen atoms in total. The summed E-state index contributed by atoms with van der Waals surface area (Å²) in [5, 5.41) is 0. The van der Waals surface area contributed by atoms with Crippen LogP contribution in [0.15, 0.2) is 24.3 Å². The second-order valence-electron chi connectivity index (χ2n) is 4.72. The highest BCUT2D eigenvalue weighted by atomic mass is 16.5. The predicted molar refractivity (Wildman–Crippen MR) is 65.2 cm³/mol. The van der Waals surface area contributed by atoms with Crippen LogP contribution in [-0.2, 0) is 10.3 Å². The van der Waals surface area contributed by atoms with Gasteiger partial charge in [-0.1, -0.05) is 38.1 Å². The molecule has 0 heterocycles. The Hall–Kier alpha value is -0.820. The SMILES string of the molecule is CCOC(C)(C)c1cccc(C(C)C)c1. The molecule has 1 heteroatoms. The highest BCUT2D eigenvalue weighted by Gasteiger charge is 2.20. The molecular weight excluding hydrogens is 184 g/mol. The lowest BCUT2D eigenvalue weighted by molar-refractivity contribution is -0.0140. The molecule has 0 saturated heterocycles. The lowest BCUT2D eigenvalue weighted by atomic mass is 9.93. The summed E-state index contributed by atoms with van der Waals surface area (Å²) in [6.45, 7) is 11.5. The molecule has 84 valence electrons. The quantitative estimate of drug-likeness (QED) is 0.721. The highest BCUT2D eigenvalue weighted by Crippen LogP contribution is 2.27. The Bertz CT molecular complexity index is 313. The summed E-state index contributed by atoms with van der Waals surface area (Å²) in [5.41, 5.74) is 2.45. The van der Waals surface area contributed by atoms with E-state index in [0.29, 0.717) is 5.92 Å². The molecule has 1 aromatic carbocycles. The summed E-state index contributed by atoms with van der Waals surface area (Å²) in [4.78, 5) is 0. The summed E-state index contributed by atoms with van der Waals surface area (Å²) in [5.74, 6) is 0.572. The van der Waals surface area contributed by atoms with E-state index in [2.05, 4.69) is 52.0 Å². The lowest BCUT2D eigenvalue weighted by Crippen LogP contribution is -2.21. The number of ether oxygens (including phenoxy) is 1. The van der Waals surface area contributed by atoms with Crippen molar-refractivity contribution in [1.29, 1.82) is 0 Å². The minimum absolute atomic E-state index is 0.181. The Balaban J connectivity index is 2.99. The topological polar surface area (TPSA) is 9.23 Å². The molecule has 15 heavy (non-hydrogen) atoms. The van der Waals surface area contributed by atoms with Gasteiger partial charge in [-0.2, -0.15) is 0 Å². The second kappa shape index (κ2) is 4.80. The van der Waals surface area contributed by atoms with Gasteiger partial charge < -0.3 is 4.74 Å². The van der Waals surface area contributed by atoms with Gasteiger partial charge in [0.15, 0.2) is 0 Å². The van der Waals surface area contributed by atoms with Crippen molar-refractivity contribution in [3.05, 3.63) is 35.4 Å². The van der Waals surface area contributed by atoms with Gasteiger partial charge in [-0.05, 0) is 37.8 Å². The fourth-order valence-electron chi connectivity index (χ4n) is 1.72. The third-order valence-corrected chi connectivity index (χ3v) is 2.75. The maximum atomic E-state index is 5.75. The van der Waals surface area contributed by atoms with Gasteiger partial charge in [-0.15, -0.1) is 0 Å². The van der Waals surface area contributed by atoms with Gasteiger partial charge in [0.05, 0.1) is 5.60 Å². The summed E-state index contributed by atoms with van der Waals surface area (Å²) < 4.78 is 5.75. The van der Waals surface area contributed by atoms with E-state index in [4.69, 9.17) is 4.74 Å². The lowest BCUT2D eigenvalue weighted by Gasteiger charge is -2.26. The molecule has 1 rings (SSSR count). The van der Waals surface area contributed by atoms with Crippen molar-refractivity contribution in [3.63, 3.8) is 0 Å². The maximum Gasteiger partial charge on any atom is 0.0875 e. The van der Waals surface area contributed by atoms with E-state index >= 15 is 0 Å². The van der Waals surface area contributed by atoms with Crippen molar-refractivity contribution in [2.24, 2.45) is 0 Å². The average molecular weight is 206 g/mol. The number of benzene rings is 1. The molecule has 1 aromatic rings. The molecule has 0 amide bonds. The van der Waals surface area contributed by atoms with Crippen molar-refractivity contribution < 1.29 is 4.74 Å². The third-order valence-electron chi connectivity index (χ3n) is 2.75. The van der Waals surface area contributed by atoms with Gasteiger partial charge in [-0.3, -0.25) is 0 Å². The molecule has 0 bridgehead atoms. The molecule has 0 N–H and O–H groups in total. The Kier molecular flexibility index (Phi) is 3.92. The van der Waals surface area contributed by atoms with E-state index in [0.717, 1.165) is 6.61 Å². The van der Waals surface area contributed by atoms with Crippen LogP contribution in [0.3, 0.4) is 0 Å². The Morgan fingerprint density at radius 3 is 2.47 bits per heavy atom. The zero-order valence-corrected chi connectivity index (χ0v) is 10.5. The smallest absolute Gasteiger partial charge is 0.0875 e. The average Bonchev–Trinajstić information content (AvgIpc) is 2.18. The van der Waals surface area contributed by atoms with Gasteiger partial charge in [0.25, 0.3) is 0 Å². The minimum Gasteiger partial charge on any atom is -0.371 e. The molecular formula is C14H22O. The maximum absolute atomic E-state index is 5.75. The van der Waals surface area contributed by atoms with Gasteiger partial charge in [0, 0.05) is 6.61 Å².